The topological polar surface area (TPSA) is 112 Å². The van der Waals surface area contributed by atoms with Crippen LogP contribution < -0.4 is 10.3 Å². The minimum atomic E-state index is -3.71. The molecule has 3 N–H and O–H groups in total. The molecule has 0 fully saturated rings. The first kappa shape index (κ1) is 26.6. The summed E-state index contributed by atoms with van der Waals surface area (Å²) in [6.07, 6.45) is 0.341. The van der Waals surface area contributed by atoms with E-state index < -0.39 is 21.6 Å². The van der Waals surface area contributed by atoms with Gasteiger partial charge in [-0.05, 0) is 54.8 Å². The molecule has 1 atom stereocenters. The van der Waals surface area contributed by atoms with Crippen LogP contribution in [0.25, 0.3) is 21.9 Å². The van der Waals surface area contributed by atoms with E-state index in [2.05, 4.69) is 9.71 Å². The van der Waals surface area contributed by atoms with Gasteiger partial charge in [0.15, 0.2) is 0 Å². The molecule has 8 heteroatoms. The van der Waals surface area contributed by atoms with Crippen molar-refractivity contribution in [3.8, 4) is 5.75 Å². The number of H-pyrrole nitrogens is 1. The van der Waals surface area contributed by atoms with Crippen molar-refractivity contribution in [1.29, 1.82) is 0 Å². The number of hydrogen-bond donors (Lipinski definition) is 3. The van der Waals surface area contributed by atoms with Gasteiger partial charge >= 0.3 is 5.63 Å². The van der Waals surface area contributed by atoms with Crippen molar-refractivity contribution in [2.24, 2.45) is 0 Å². The highest BCUT2D eigenvalue weighted by Gasteiger charge is 2.30. The van der Waals surface area contributed by atoms with Gasteiger partial charge in [0.25, 0.3) is 0 Å². The third kappa shape index (κ3) is 5.03. The fraction of sp³-hybridized carbons (Fsp3) is 0.121. The first-order valence-corrected chi connectivity index (χ1v) is 14.8. The smallest absolute Gasteiger partial charge is 0.344 e. The number of aryl methyl sites for hydroxylation is 1. The number of aromatic hydroxyl groups is 1. The Hall–Kier alpha value is -4.66. The normalized spacial score (nSPS) is 12.6. The molecule has 2 heterocycles. The predicted octanol–water partition coefficient (Wildman–Crippen LogP) is 5.99. The Morgan fingerprint density at radius 3 is 2.27 bits per heavy atom. The van der Waals surface area contributed by atoms with Gasteiger partial charge in [0.05, 0.1) is 21.8 Å². The number of fused-ring (bicyclic) bond motifs is 2. The van der Waals surface area contributed by atoms with Crippen LogP contribution in [0.4, 0.5) is 0 Å². The molecular formula is C33H28N2O5S. The second-order valence-electron chi connectivity index (χ2n) is 10.0. The lowest BCUT2D eigenvalue weighted by atomic mass is 9.85. The van der Waals surface area contributed by atoms with Crippen molar-refractivity contribution < 1.29 is 17.9 Å². The second-order valence-corrected chi connectivity index (χ2v) is 11.8. The van der Waals surface area contributed by atoms with Crippen molar-refractivity contribution >= 4 is 31.9 Å². The number of hydrogen-bond acceptors (Lipinski definition) is 5. The van der Waals surface area contributed by atoms with E-state index in [1.54, 1.807) is 54.6 Å². The maximum atomic E-state index is 13.5. The van der Waals surface area contributed by atoms with Crippen LogP contribution in [-0.4, -0.2) is 25.1 Å². The predicted molar refractivity (Wildman–Crippen MR) is 160 cm³/mol. The lowest BCUT2D eigenvalue weighted by Crippen LogP contribution is -2.26. The molecule has 0 aliphatic rings. The maximum Gasteiger partial charge on any atom is 0.344 e. The number of para-hydroxylation sites is 2. The Bertz CT molecular complexity index is 2030. The van der Waals surface area contributed by atoms with Crippen molar-refractivity contribution in [1.82, 2.24) is 9.71 Å². The summed E-state index contributed by atoms with van der Waals surface area (Å²) in [6, 6.07) is 30.6. The minimum Gasteiger partial charge on any atom is -0.507 e. The van der Waals surface area contributed by atoms with Gasteiger partial charge in [0, 0.05) is 23.1 Å². The molecule has 0 spiro atoms. The zero-order valence-electron chi connectivity index (χ0n) is 22.3. The number of nitrogens with one attached hydrogen (secondary N) is 2. The molecular weight excluding hydrogens is 536 g/mol. The van der Waals surface area contributed by atoms with E-state index in [-0.39, 0.29) is 22.8 Å². The summed E-state index contributed by atoms with van der Waals surface area (Å²) in [5.74, 6) is -0.846. The molecule has 0 aliphatic carbocycles. The van der Waals surface area contributed by atoms with E-state index in [1.807, 2.05) is 55.5 Å². The Labute approximate surface area is 237 Å². The summed E-state index contributed by atoms with van der Waals surface area (Å²) >= 11 is 0. The molecule has 0 amide bonds. The maximum absolute atomic E-state index is 13.5. The Morgan fingerprint density at radius 2 is 1.51 bits per heavy atom. The monoisotopic (exact) mass is 564 g/mol. The molecule has 206 valence electrons. The number of benzene rings is 4. The lowest BCUT2D eigenvalue weighted by Gasteiger charge is -2.20. The van der Waals surface area contributed by atoms with E-state index in [4.69, 9.17) is 4.42 Å². The highest BCUT2D eigenvalue weighted by Crippen LogP contribution is 2.41. The van der Waals surface area contributed by atoms with E-state index in [0.29, 0.717) is 23.1 Å². The van der Waals surface area contributed by atoms with Gasteiger partial charge in [-0.2, -0.15) is 0 Å². The van der Waals surface area contributed by atoms with Crippen LogP contribution in [-0.2, 0) is 16.4 Å². The van der Waals surface area contributed by atoms with Crippen LogP contribution in [0, 0.1) is 6.92 Å². The largest absolute Gasteiger partial charge is 0.507 e. The summed E-state index contributed by atoms with van der Waals surface area (Å²) in [5, 5.41) is 12.8. The molecule has 0 aliphatic heterocycles. The molecule has 0 saturated carbocycles. The molecule has 0 radical (unpaired) electrons. The van der Waals surface area contributed by atoms with Gasteiger partial charge in [0.2, 0.25) is 10.0 Å². The Morgan fingerprint density at radius 1 is 0.854 bits per heavy atom. The first-order chi connectivity index (χ1) is 19.8. The van der Waals surface area contributed by atoms with Crippen LogP contribution in [0.3, 0.4) is 0 Å². The molecule has 2 aromatic heterocycles. The average molecular weight is 565 g/mol. The van der Waals surface area contributed by atoms with Crippen LogP contribution in [0.15, 0.2) is 117 Å². The van der Waals surface area contributed by atoms with Gasteiger partial charge in [-0.15, -0.1) is 0 Å². The summed E-state index contributed by atoms with van der Waals surface area (Å²) in [6.45, 7) is 2.11. The molecule has 4 aromatic carbocycles. The second kappa shape index (κ2) is 10.7. The molecule has 41 heavy (non-hydrogen) atoms. The van der Waals surface area contributed by atoms with Gasteiger partial charge < -0.3 is 14.5 Å². The highest BCUT2D eigenvalue weighted by molar-refractivity contribution is 7.89. The lowest BCUT2D eigenvalue weighted by molar-refractivity contribution is 0.454. The minimum absolute atomic E-state index is 0.116. The fourth-order valence-electron chi connectivity index (χ4n) is 5.37. The van der Waals surface area contributed by atoms with Crippen LogP contribution in [0.5, 0.6) is 5.75 Å². The van der Waals surface area contributed by atoms with E-state index in [1.165, 1.54) is 0 Å². The fourth-order valence-corrected chi connectivity index (χ4v) is 6.42. The van der Waals surface area contributed by atoms with Gasteiger partial charge in [-0.25, -0.2) is 17.9 Å². The quantitative estimate of drug-likeness (QED) is 0.197. The van der Waals surface area contributed by atoms with Gasteiger partial charge in [-0.3, -0.25) is 0 Å². The molecule has 1 unspecified atom stereocenters. The van der Waals surface area contributed by atoms with E-state index in [9.17, 15) is 18.3 Å². The zero-order valence-corrected chi connectivity index (χ0v) is 23.1. The first-order valence-electron chi connectivity index (χ1n) is 13.3. The molecule has 0 bridgehead atoms. The number of aromatic nitrogens is 1. The average Bonchev–Trinajstić information content (AvgIpc) is 3.34. The van der Waals surface area contributed by atoms with Crippen molar-refractivity contribution in [3.05, 3.63) is 141 Å². The summed E-state index contributed by atoms with van der Waals surface area (Å²) in [5.41, 5.74) is 3.98. The molecule has 7 nitrogen and oxygen atoms in total. The third-order valence-electron chi connectivity index (χ3n) is 7.38. The Kier molecular flexibility index (Phi) is 6.95. The van der Waals surface area contributed by atoms with Crippen LogP contribution in [0.2, 0.25) is 0 Å². The van der Waals surface area contributed by atoms with Crippen molar-refractivity contribution in [3.63, 3.8) is 0 Å². The summed E-state index contributed by atoms with van der Waals surface area (Å²) < 4.78 is 34.2. The van der Waals surface area contributed by atoms with Gasteiger partial charge in [0.1, 0.15) is 11.3 Å². The molecule has 6 aromatic rings. The van der Waals surface area contributed by atoms with Crippen molar-refractivity contribution in [2.75, 3.05) is 6.54 Å². The molecule has 6 rings (SSSR count). The summed E-state index contributed by atoms with van der Waals surface area (Å²) in [7, 11) is -3.71. The summed E-state index contributed by atoms with van der Waals surface area (Å²) in [4.78, 5) is 17.2. The van der Waals surface area contributed by atoms with Crippen LogP contribution >= 0.6 is 0 Å². The molecule has 0 saturated heterocycles. The number of aromatic amines is 1. The number of rotatable bonds is 8. The van der Waals surface area contributed by atoms with E-state index >= 15 is 0 Å². The van der Waals surface area contributed by atoms with Gasteiger partial charge in [-0.1, -0.05) is 78.4 Å². The van der Waals surface area contributed by atoms with E-state index in [0.717, 1.165) is 27.6 Å². The standard InChI is InChI=1S/C33H28N2O5S/c1-21-15-17-22(18-16-21)29(30-32(36)26-12-6-8-14-28(26)40-33(30)37)31-25(24-11-5-7-13-27(24)35-31)19-20-34-41(38,39)23-9-3-2-4-10-23/h2-18,29,34-36H,19-20H2,1H3. The SMILES string of the molecule is Cc1ccc(C(c2[nH]c3ccccc3c2CCNS(=O)(=O)c2ccccc2)c2c(O)c3ccccc3oc2=O)cc1. The number of sulfonamides is 1. The van der Waals surface area contributed by atoms with Crippen LogP contribution in [0.1, 0.15) is 33.9 Å². The third-order valence-corrected chi connectivity index (χ3v) is 8.85. The Balaban J connectivity index is 1.51. The van der Waals surface area contributed by atoms with Crippen molar-refractivity contribution in [2.45, 2.75) is 24.2 Å². The zero-order chi connectivity index (χ0) is 28.6. The highest BCUT2D eigenvalue weighted by atomic mass is 32.2.